The normalized spacial score (nSPS) is 11.2. The minimum atomic E-state index is -0.269. The third-order valence-corrected chi connectivity index (χ3v) is 4.94. The monoisotopic (exact) mass is 396 g/mol. The molecule has 2 aromatic heterocycles. The second-order valence-electron chi connectivity index (χ2n) is 6.92. The molecule has 0 saturated heterocycles. The van der Waals surface area contributed by atoms with Crippen LogP contribution in [0.3, 0.4) is 0 Å². The van der Waals surface area contributed by atoms with Crippen molar-refractivity contribution in [2.75, 3.05) is 5.75 Å². The van der Waals surface area contributed by atoms with E-state index < -0.39 is 0 Å². The SMILES string of the molecule is CC(C)OC(=O)CSc1nnc(-c2cccnc2)n1-c1ccccc1C(C)C. The van der Waals surface area contributed by atoms with Crippen LogP contribution in [0.1, 0.15) is 39.2 Å². The number of aromatic nitrogens is 4. The molecule has 7 heteroatoms. The number of benzene rings is 1. The summed E-state index contributed by atoms with van der Waals surface area (Å²) in [6.45, 7) is 7.98. The molecule has 0 fully saturated rings. The standard InChI is InChI=1S/C21H24N4O2S/c1-14(2)17-9-5-6-10-18(17)25-20(16-8-7-11-22-12-16)23-24-21(25)28-13-19(26)27-15(3)4/h5-12,14-15H,13H2,1-4H3. The number of rotatable bonds is 7. The fraction of sp³-hybridized carbons (Fsp3) is 0.333. The maximum Gasteiger partial charge on any atom is 0.316 e. The highest BCUT2D eigenvalue weighted by atomic mass is 32.2. The Morgan fingerprint density at radius 3 is 2.57 bits per heavy atom. The molecule has 0 aliphatic rings. The van der Waals surface area contributed by atoms with Gasteiger partial charge in [-0.3, -0.25) is 14.3 Å². The average Bonchev–Trinajstić information content (AvgIpc) is 3.10. The Labute approximate surface area is 169 Å². The van der Waals surface area contributed by atoms with E-state index in [0.717, 1.165) is 11.3 Å². The van der Waals surface area contributed by atoms with E-state index in [-0.39, 0.29) is 17.8 Å². The summed E-state index contributed by atoms with van der Waals surface area (Å²) in [5.74, 6) is 0.923. The van der Waals surface area contributed by atoms with E-state index in [2.05, 4.69) is 41.2 Å². The molecule has 0 unspecified atom stereocenters. The molecule has 0 aliphatic carbocycles. The number of para-hydroxylation sites is 1. The van der Waals surface area contributed by atoms with E-state index in [1.54, 1.807) is 12.4 Å². The van der Waals surface area contributed by atoms with Gasteiger partial charge in [-0.2, -0.15) is 0 Å². The smallest absolute Gasteiger partial charge is 0.316 e. The van der Waals surface area contributed by atoms with Crippen molar-refractivity contribution in [2.45, 2.75) is 44.9 Å². The van der Waals surface area contributed by atoms with Crippen LogP contribution in [0.5, 0.6) is 0 Å². The molecule has 1 aromatic carbocycles. The Balaban J connectivity index is 2.05. The summed E-state index contributed by atoms with van der Waals surface area (Å²) in [7, 11) is 0. The van der Waals surface area contributed by atoms with Crippen molar-refractivity contribution < 1.29 is 9.53 Å². The lowest BCUT2D eigenvalue weighted by Gasteiger charge is -2.16. The number of esters is 1. The number of ether oxygens (including phenoxy) is 1. The Kier molecular flexibility index (Phi) is 6.46. The maximum atomic E-state index is 12.0. The first-order valence-corrected chi connectivity index (χ1v) is 10.2. The molecule has 3 rings (SSSR count). The van der Waals surface area contributed by atoms with Gasteiger partial charge in [0.05, 0.1) is 17.5 Å². The fourth-order valence-electron chi connectivity index (χ4n) is 2.86. The van der Waals surface area contributed by atoms with Gasteiger partial charge in [-0.25, -0.2) is 0 Å². The van der Waals surface area contributed by atoms with Crippen LogP contribution < -0.4 is 0 Å². The first-order valence-electron chi connectivity index (χ1n) is 9.24. The molecule has 0 bridgehead atoms. The zero-order chi connectivity index (χ0) is 20.1. The van der Waals surface area contributed by atoms with Crippen molar-refractivity contribution in [3.63, 3.8) is 0 Å². The molecule has 6 nitrogen and oxygen atoms in total. The van der Waals surface area contributed by atoms with Gasteiger partial charge in [0.25, 0.3) is 0 Å². The summed E-state index contributed by atoms with van der Waals surface area (Å²) < 4.78 is 7.24. The summed E-state index contributed by atoms with van der Waals surface area (Å²) in [6.07, 6.45) is 3.35. The number of carbonyl (C=O) groups excluding carboxylic acids is 1. The number of pyridine rings is 1. The molecule has 146 valence electrons. The molecule has 0 saturated carbocycles. The van der Waals surface area contributed by atoms with Crippen molar-refractivity contribution in [3.8, 4) is 17.1 Å². The molecular formula is C21H24N4O2S. The van der Waals surface area contributed by atoms with Gasteiger partial charge >= 0.3 is 5.97 Å². The van der Waals surface area contributed by atoms with Crippen LogP contribution in [0.2, 0.25) is 0 Å². The predicted molar refractivity (Wildman–Crippen MR) is 111 cm³/mol. The Morgan fingerprint density at radius 1 is 1.11 bits per heavy atom. The quantitative estimate of drug-likeness (QED) is 0.433. The zero-order valence-corrected chi connectivity index (χ0v) is 17.3. The summed E-state index contributed by atoms with van der Waals surface area (Å²) in [4.78, 5) is 16.2. The van der Waals surface area contributed by atoms with Crippen molar-refractivity contribution in [1.29, 1.82) is 0 Å². The lowest BCUT2D eigenvalue weighted by Crippen LogP contribution is -2.14. The minimum absolute atomic E-state index is 0.140. The van der Waals surface area contributed by atoms with Gasteiger partial charge in [0.2, 0.25) is 0 Å². The van der Waals surface area contributed by atoms with Crippen LogP contribution in [-0.4, -0.2) is 37.6 Å². The van der Waals surface area contributed by atoms with Crippen LogP contribution in [0.4, 0.5) is 0 Å². The summed E-state index contributed by atoms with van der Waals surface area (Å²) in [5.41, 5.74) is 3.05. The number of thioether (sulfide) groups is 1. The molecule has 28 heavy (non-hydrogen) atoms. The van der Waals surface area contributed by atoms with Gasteiger partial charge in [-0.1, -0.05) is 43.8 Å². The van der Waals surface area contributed by atoms with E-state index in [0.29, 0.717) is 16.9 Å². The molecule has 0 N–H and O–H groups in total. The first kappa shape index (κ1) is 20.1. The molecule has 0 atom stereocenters. The lowest BCUT2D eigenvalue weighted by molar-refractivity contribution is -0.144. The second kappa shape index (κ2) is 9.01. The third-order valence-electron chi connectivity index (χ3n) is 4.04. The van der Waals surface area contributed by atoms with Crippen LogP contribution >= 0.6 is 11.8 Å². The van der Waals surface area contributed by atoms with Crippen LogP contribution in [0.25, 0.3) is 17.1 Å². The highest BCUT2D eigenvalue weighted by Gasteiger charge is 2.20. The number of nitrogens with zero attached hydrogens (tertiary/aromatic N) is 4. The topological polar surface area (TPSA) is 69.9 Å². The number of hydrogen-bond acceptors (Lipinski definition) is 6. The second-order valence-corrected chi connectivity index (χ2v) is 7.87. The molecule has 3 aromatic rings. The van der Waals surface area contributed by atoms with Gasteiger partial charge in [-0.15, -0.1) is 10.2 Å². The maximum absolute atomic E-state index is 12.0. The number of hydrogen-bond donors (Lipinski definition) is 0. The van der Waals surface area contributed by atoms with Crippen molar-refractivity contribution >= 4 is 17.7 Å². The van der Waals surface area contributed by atoms with Crippen LogP contribution in [0.15, 0.2) is 53.9 Å². The van der Waals surface area contributed by atoms with Gasteiger partial charge < -0.3 is 4.74 Å². The highest BCUT2D eigenvalue weighted by Crippen LogP contribution is 2.31. The Hall–Kier alpha value is -2.67. The van der Waals surface area contributed by atoms with Gasteiger partial charge in [-0.05, 0) is 43.5 Å². The molecule has 0 spiro atoms. The predicted octanol–water partition coefficient (Wildman–Crippen LogP) is 4.50. The lowest BCUT2D eigenvalue weighted by atomic mass is 10.0. The average molecular weight is 397 g/mol. The van der Waals surface area contributed by atoms with Crippen molar-refractivity contribution in [1.82, 2.24) is 19.7 Å². The van der Waals surface area contributed by atoms with Gasteiger partial charge in [0.15, 0.2) is 11.0 Å². The molecule has 0 amide bonds. The van der Waals surface area contributed by atoms with E-state index >= 15 is 0 Å². The Morgan fingerprint density at radius 2 is 1.89 bits per heavy atom. The minimum Gasteiger partial charge on any atom is -0.462 e. The third kappa shape index (κ3) is 4.59. The van der Waals surface area contributed by atoms with Gasteiger partial charge in [0.1, 0.15) is 0 Å². The van der Waals surface area contributed by atoms with Crippen molar-refractivity contribution in [3.05, 3.63) is 54.4 Å². The van der Waals surface area contributed by atoms with E-state index in [1.807, 2.05) is 42.7 Å². The molecule has 0 radical (unpaired) electrons. The summed E-state index contributed by atoms with van der Waals surface area (Å²) in [6, 6.07) is 12.0. The fourth-order valence-corrected chi connectivity index (χ4v) is 3.59. The largest absolute Gasteiger partial charge is 0.462 e. The van der Waals surface area contributed by atoms with E-state index in [4.69, 9.17) is 4.74 Å². The zero-order valence-electron chi connectivity index (χ0n) is 16.5. The molecular weight excluding hydrogens is 372 g/mol. The summed E-state index contributed by atoms with van der Waals surface area (Å²) >= 11 is 1.32. The Bertz CT molecular complexity index is 939. The molecule has 2 heterocycles. The van der Waals surface area contributed by atoms with Crippen LogP contribution in [-0.2, 0) is 9.53 Å². The van der Waals surface area contributed by atoms with E-state index in [1.165, 1.54) is 17.3 Å². The molecule has 0 aliphatic heterocycles. The van der Waals surface area contributed by atoms with E-state index in [9.17, 15) is 4.79 Å². The van der Waals surface area contributed by atoms with Crippen LogP contribution in [0, 0.1) is 0 Å². The number of carbonyl (C=O) groups is 1. The first-order chi connectivity index (χ1) is 13.5. The van der Waals surface area contributed by atoms with Crippen molar-refractivity contribution in [2.24, 2.45) is 0 Å². The highest BCUT2D eigenvalue weighted by molar-refractivity contribution is 7.99. The summed E-state index contributed by atoms with van der Waals surface area (Å²) in [5, 5.41) is 9.41. The van der Waals surface area contributed by atoms with Gasteiger partial charge in [0, 0.05) is 18.0 Å².